The monoisotopic (exact) mass is 377 g/mol. The number of benzene rings is 2. The number of rotatable bonds is 3. The fraction of sp³-hybridized carbons (Fsp3) is 0.211. The van der Waals surface area contributed by atoms with Crippen LogP contribution in [0.15, 0.2) is 48.5 Å². The summed E-state index contributed by atoms with van der Waals surface area (Å²) in [7, 11) is 0. The molecule has 3 nitrogen and oxygen atoms in total. The summed E-state index contributed by atoms with van der Waals surface area (Å²) in [4.78, 5) is 0. The van der Waals surface area contributed by atoms with Crippen LogP contribution in [0.3, 0.4) is 0 Å². The number of nitrogens with zero attached hydrogens (tertiary/aromatic N) is 2. The van der Waals surface area contributed by atoms with Gasteiger partial charge >= 0.3 is 6.18 Å². The third-order valence-electron chi connectivity index (χ3n) is 4.47. The summed E-state index contributed by atoms with van der Waals surface area (Å²) in [6.07, 6.45) is -3.07. The molecule has 2 aromatic carbocycles. The van der Waals surface area contributed by atoms with Crippen LogP contribution in [-0.4, -0.2) is 16.3 Å². The van der Waals surface area contributed by atoms with E-state index in [0.717, 1.165) is 47.7 Å². The van der Waals surface area contributed by atoms with Gasteiger partial charge in [0, 0.05) is 23.6 Å². The number of fused-ring (bicyclic) bond motifs is 1. The van der Waals surface area contributed by atoms with Gasteiger partial charge in [0.2, 0.25) is 0 Å². The van der Waals surface area contributed by atoms with Crippen molar-refractivity contribution in [1.29, 1.82) is 0 Å². The van der Waals surface area contributed by atoms with Gasteiger partial charge < -0.3 is 5.32 Å². The molecule has 2 heterocycles. The summed E-state index contributed by atoms with van der Waals surface area (Å²) < 4.78 is 40.7. The van der Waals surface area contributed by atoms with Gasteiger partial charge in [-0.15, -0.1) is 0 Å². The van der Waals surface area contributed by atoms with Crippen LogP contribution in [0.4, 0.5) is 19.0 Å². The average molecular weight is 378 g/mol. The van der Waals surface area contributed by atoms with Crippen LogP contribution >= 0.6 is 11.6 Å². The third kappa shape index (κ3) is 3.05. The Bertz CT molecular complexity index is 963. The number of nitrogens with one attached hydrogen (secondary N) is 1. The van der Waals surface area contributed by atoms with Crippen LogP contribution in [0.25, 0.3) is 5.69 Å². The van der Waals surface area contributed by atoms with E-state index in [2.05, 4.69) is 10.4 Å². The Labute approximate surface area is 153 Å². The normalized spacial score (nSPS) is 13.5. The molecular formula is C19H15ClF3N3. The molecule has 26 heavy (non-hydrogen) atoms. The molecule has 0 atom stereocenters. The zero-order valence-corrected chi connectivity index (χ0v) is 14.4. The number of alkyl halides is 3. The predicted molar refractivity (Wildman–Crippen MR) is 95.0 cm³/mol. The molecule has 0 radical (unpaired) electrons. The molecule has 0 saturated heterocycles. The lowest BCUT2D eigenvalue weighted by atomic mass is 10.1. The Balaban J connectivity index is 1.76. The zero-order chi connectivity index (χ0) is 18.3. The molecule has 1 aromatic heterocycles. The molecule has 3 aromatic rings. The quantitative estimate of drug-likeness (QED) is 0.688. The Morgan fingerprint density at radius 3 is 2.69 bits per heavy atom. The highest BCUT2D eigenvalue weighted by Gasteiger charge is 2.31. The molecule has 0 unspecified atom stereocenters. The minimum Gasteiger partial charge on any atom is -0.369 e. The van der Waals surface area contributed by atoms with Crippen LogP contribution in [0, 0.1) is 0 Å². The Hall–Kier alpha value is -2.47. The van der Waals surface area contributed by atoms with E-state index in [0.29, 0.717) is 17.1 Å². The van der Waals surface area contributed by atoms with Gasteiger partial charge in [-0.25, -0.2) is 4.68 Å². The topological polar surface area (TPSA) is 29.9 Å². The SMILES string of the molecule is FC(F)(F)c1cccc(-n2nc(Cc3ccccc3Cl)c3c2NCC3)c1. The van der Waals surface area contributed by atoms with E-state index in [9.17, 15) is 13.2 Å². The van der Waals surface area contributed by atoms with Crippen molar-refractivity contribution in [2.75, 3.05) is 11.9 Å². The lowest BCUT2D eigenvalue weighted by Crippen LogP contribution is -2.08. The van der Waals surface area contributed by atoms with E-state index in [-0.39, 0.29) is 0 Å². The fourth-order valence-corrected chi connectivity index (χ4v) is 3.41. The fourth-order valence-electron chi connectivity index (χ4n) is 3.21. The van der Waals surface area contributed by atoms with Crippen molar-refractivity contribution in [1.82, 2.24) is 9.78 Å². The smallest absolute Gasteiger partial charge is 0.369 e. The molecule has 0 aliphatic carbocycles. The van der Waals surface area contributed by atoms with Crippen molar-refractivity contribution in [3.63, 3.8) is 0 Å². The van der Waals surface area contributed by atoms with Gasteiger partial charge in [-0.2, -0.15) is 18.3 Å². The van der Waals surface area contributed by atoms with E-state index in [4.69, 9.17) is 11.6 Å². The molecule has 1 aliphatic rings. The first-order valence-corrected chi connectivity index (χ1v) is 8.57. The summed E-state index contributed by atoms with van der Waals surface area (Å²) in [5, 5.41) is 8.48. The number of aromatic nitrogens is 2. The number of anilines is 1. The first-order valence-electron chi connectivity index (χ1n) is 8.19. The summed E-state index contributed by atoms with van der Waals surface area (Å²) in [6.45, 7) is 0.738. The van der Waals surface area contributed by atoms with Gasteiger partial charge in [0.1, 0.15) is 5.82 Å². The van der Waals surface area contributed by atoms with Crippen molar-refractivity contribution in [3.05, 3.63) is 75.9 Å². The van der Waals surface area contributed by atoms with Gasteiger partial charge in [-0.05, 0) is 36.2 Å². The van der Waals surface area contributed by atoms with Crippen molar-refractivity contribution in [2.24, 2.45) is 0 Å². The second-order valence-corrected chi connectivity index (χ2v) is 6.59. The highest BCUT2D eigenvalue weighted by atomic mass is 35.5. The molecule has 0 fully saturated rings. The lowest BCUT2D eigenvalue weighted by Gasteiger charge is -2.10. The molecule has 1 aliphatic heterocycles. The summed E-state index contributed by atoms with van der Waals surface area (Å²) in [6, 6.07) is 12.7. The van der Waals surface area contributed by atoms with Crippen LogP contribution < -0.4 is 5.32 Å². The number of halogens is 4. The van der Waals surface area contributed by atoms with Crippen molar-refractivity contribution in [3.8, 4) is 5.69 Å². The number of hydrogen-bond donors (Lipinski definition) is 1. The van der Waals surface area contributed by atoms with Crippen LogP contribution in [0.5, 0.6) is 0 Å². The highest BCUT2D eigenvalue weighted by molar-refractivity contribution is 6.31. The second-order valence-electron chi connectivity index (χ2n) is 6.18. The molecule has 0 amide bonds. The molecule has 0 saturated carbocycles. The van der Waals surface area contributed by atoms with Gasteiger partial charge in [-0.1, -0.05) is 35.9 Å². The van der Waals surface area contributed by atoms with E-state index >= 15 is 0 Å². The highest BCUT2D eigenvalue weighted by Crippen LogP contribution is 2.34. The first kappa shape index (κ1) is 17.0. The number of hydrogen-bond acceptors (Lipinski definition) is 2. The first-order chi connectivity index (χ1) is 12.4. The second kappa shape index (κ2) is 6.36. The minimum atomic E-state index is -4.39. The van der Waals surface area contributed by atoms with Crippen LogP contribution in [-0.2, 0) is 19.0 Å². The standard InChI is InChI=1S/C19H15ClF3N3/c20-16-7-2-1-4-12(16)10-17-15-8-9-24-18(15)26(25-17)14-6-3-5-13(11-14)19(21,22)23/h1-7,11,24H,8-10H2. The maximum atomic E-state index is 13.0. The van der Waals surface area contributed by atoms with Gasteiger partial charge in [-0.3, -0.25) is 0 Å². The van der Waals surface area contributed by atoms with Crippen LogP contribution in [0.2, 0.25) is 5.02 Å². The predicted octanol–water partition coefficient (Wildman–Crippen LogP) is 5.10. The molecule has 4 rings (SSSR count). The molecule has 0 spiro atoms. The van der Waals surface area contributed by atoms with Gasteiger partial charge in [0.25, 0.3) is 0 Å². The van der Waals surface area contributed by atoms with Crippen molar-refractivity contribution in [2.45, 2.75) is 19.0 Å². The molecular weight excluding hydrogens is 363 g/mol. The van der Waals surface area contributed by atoms with E-state index in [1.54, 1.807) is 10.7 Å². The molecule has 7 heteroatoms. The minimum absolute atomic E-state index is 0.385. The third-order valence-corrected chi connectivity index (χ3v) is 4.84. The van der Waals surface area contributed by atoms with E-state index < -0.39 is 11.7 Å². The maximum absolute atomic E-state index is 13.0. The van der Waals surface area contributed by atoms with Crippen LogP contribution in [0.1, 0.15) is 22.4 Å². The Kier molecular flexibility index (Phi) is 4.15. The Morgan fingerprint density at radius 1 is 1.12 bits per heavy atom. The van der Waals surface area contributed by atoms with Gasteiger partial charge in [0.05, 0.1) is 16.9 Å². The maximum Gasteiger partial charge on any atom is 0.416 e. The van der Waals surface area contributed by atoms with Crippen molar-refractivity contribution < 1.29 is 13.2 Å². The van der Waals surface area contributed by atoms with E-state index in [1.807, 2.05) is 24.3 Å². The lowest BCUT2D eigenvalue weighted by molar-refractivity contribution is -0.137. The van der Waals surface area contributed by atoms with Crippen molar-refractivity contribution >= 4 is 17.4 Å². The van der Waals surface area contributed by atoms with Gasteiger partial charge in [0.15, 0.2) is 0 Å². The Morgan fingerprint density at radius 2 is 1.92 bits per heavy atom. The summed E-state index contributed by atoms with van der Waals surface area (Å²) >= 11 is 6.24. The largest absolute Gasteiger partial charge is 0.416 e. The molecule has 0 bridgehead atoms. The average Bonchev–Trinajstić information content (AvgIpc) is 3.20. The zero-order valence-electron chi connectivity index (χ0n) is 13.6. The summed E-state index contributed by atoms with van der Waals surface area (Å²) in [5.41, 5.74) is 2.50. The van der Waals surface area contributed by atoms with E-state index in [1.165, 1.54) is 6.07 Å². The molecule has 134 valence electrons. The summed E-state index contributed by atoms with van der Waals surface area (Å²) in [5.74, 6) is 0.756. The molecule has 1 N–H and O–H groups in total.